The highest BCUT2D eigenvalue weighted by atomic mass is 16.4. The van der Waals surface area contributed by atoms with Crippen molar-refractivity contribution in [2.24, 2.45) is 5.92 Å². The summed E-state index contributed by atoms with van der Waals surface area (Å²) in [5, 5.41) is 14.8. The summed E-state index contributed by atoms with van der Waals surface area (Å²) in [6, 6.07) is 7.41. The number of benzene rings is 1. The van der Waals surface area contributed by atoms with Crippen molar-refractivity contribution in [1.29, 1.82) is 0 Å². The van der Waals surface area contributed by atoms with Gasteiger partial charge in [0.15, 0.2) is 6.04 Å². The predicted octanol–water partition coefficient (Wildman–Crippen LogP) is 2.69. The predicted molar refractivity (Wildman–Crippen MR) is 79.9 cm³/mol. The number of rotatable bonds is 4. The molecule has 2 amide bonds. The van der Waals surface area contributed by atoms with E-state index in [0.29, 0.717) is 11.5 Å². The van der Waals surface area contributed by atoms with Crippen molar-refractivity contribution in [1.82, 2.24) is 10.6 Å². The second-order valence-corrected chi connectivity index (χ2v) is 5.67. The van der Waals surface area contributed by atoms with Crippen molar-refractivity contribution < 1.29 is 14.7 Å². The average Bonchev–Trinajstić information content (AvgIpc) is 2.48. The number of carboxylic acids is 1. The molecule has 114 valence electrons. The normalized spacial score (nSPS) is 23.1. The third-order valence-corrected chi connectivity index (χ3v) is 4.08. The molecule has 0 saturated heterocycles. The minimum absolute atomic E-state index is 0.129. The number of carbonyl (C=O) groups is 2. The van der Waals surface area contributed by atoms with Crippen LogP contribution < -0.4 is 10.6 Å². The highest BCUT2D eigenvalue weighted by Crippen LogP contribution is 2.23. The van der Waals surface area contributed by atoms with E-state index in [2.05, 4.69) is 17.6 Å². The molecule has 1 saturated carbocycles. The third-order valence-electron chi connectivity index (χ3n) is 4.08. The molecule has 0 radical (unpaired) electrons. The van der Waals surface area contributed by atoms with Crippen LogP contribution in [-0.2, 0) is 4.79 Å². The van der Waals surface area contributed by atoms with E-state index in [1.54, 1.807) is 24.3 Å². The van der Waals surface area contributed by atoms with Crippen molar-refractivity contribution in [3.8, 4) is 0 Å². The maximum absolute atomic E-state index is 12.1. The molecule has 1 fully saturated rings. The lowest BCUT2D eigenvalue weighted by Crippen LogP contribution is -2.48. The van der Waals surface area contributed by atoms with Gasteiger partial charge in [0.05, 0.1) is 0 Å². The van der Waals surface area contributed by atoms with E-state index in [4.69, 9.17) is 0 Å². The number of urea groups is 1. The van der Waals surface area contributed by atoms with Crippen molar-refractivity contribution in [3.63, 3.8) is 0 Å². The Labute approximate surface area is 124 Å². The minimum Gasteiger partial charge on any atom is -0.479 e. The number of hydrogen-bond donors (Lipinski definition) is 3. The molecule has 0 spiro atoms. The fourth-order valence-electron chi connectivity index (χ4n) is 2.80. The number of nitrogens with one attached hydrogen (secondary N) is 2. The first kappa shape index (κ1) is 15.4. The van der Waals surface area contributed by atoms with Gasteiger partial charge in [0.25, 0.3) is 0 Å². The Balaban J connectivity index is 1.97. The van der Waals surface area contributed by atoms with E-state index in [9.17, 15) is 14.7 Å². The summed E-state index contributed by atoms with van der Waals surface area (Å²) < 4.78 is 0. The number of hydrogen-bond acceptors (Lipinski definition) is 2. The molecule has 0 aliphatic heterocycles. The zero-order valence-electron chi connectivity index (χ0n) is 12.2. The van der Waals surface area contributed by atoms with Gasteiger partial charge in [-0.3, -0.25) is 0 Å². The number of aliphatic carboxylic acids is 1. The van der Waals surface area contributed by atoms with E-state index in [0.717, 1.165) is 19.3 Å². The van der Waals surface area contributed by atoms with Gasteiger partial charge in [-0.25, -0.2) is 9.59 Å². The van der Waals surface area contributed by atoms with Crippen LogP contribution in [0.1, 0.15) is 44.2 Å². The van der Waals surface area contributed by atoms with Crippen LogP contribution in [-0.4, -0.2) is 23.1 Å². The second-order valence-electron chi connectivity index (χ2n) is 5.67. The smallest absolute Gasteiger partial charge is 0.330 e. The van der Waals surface area contributed by atoms with Gasteiger partial charge in [0.1, 0.15) is 0 Å². The van der Waals surface area contributed by atoms with Gasteiger partial charge in [-0.05, 0) is 24.3 Å². The minimum atomic E-state index is -1.06. The summed E-state index contributed by atoms with van der Waals surface area (Å²) >= 11 is 0. The summed E-state index contributed by atoms with van der Waals surface area (Å²) in [6.45, 7) is 2.12. The molecule has 0 heterocycles. The second kappa shape index (κ2) is 7.11. The van der Waals surface area contributed by atoms with Crippen LogP contribution in [0.15, 0.2) is 30.3 Å². The number of carbonyl (C=O) groups excluding carboxylic acids is 1. The van der Waals surface area contributed by atoms with Gasteiger partial charge in [-0.15, -0.1) is 0 Å². The molecule has 1 aliphatic carbocycles. The highest BCUT2D eigenvalue weighted by molar-refractivity contribution is 5.83. The fraction of sp³-hybridized carbons (Fsp3) is 0.500. The first-order chi connectivity index (χ1) is 10.1. The van der Waals surface area contributed by atoms with E-state index in [1.807, 2.05) is 6.07 Å². The van der Waals surface area contributed by atoms with Crippen LogP contribution in [0, 0.1) is 5.92 Å². The zero-order valence-corrected chi connectivity index (χ0v) is 12.2. The first-order valence-corrected chi connectivity index (χ1v) is 7.42. The molecule has 5 heteroatoms. The van der Waals surface area contributed by atoms with Crippen LogP contribution >= 0.6 is 0 Å². The largest absolute Gasteiger partial charge is 0.479 e. The molecule has 2 rings (SSSR count). The van der Waals surface area contributed by atoms with Crippen LogP contribution in [0.3, 0.4) is 0 Å². The van der Waals surface area contributed by atoms with Gasteiger partial charge in [0.2, 0.25) is 0 Å². The van der Waals surface area contributed by atoms with E-state index in [1.165, 1.54) is 6.42 Å². The number of carboxylic acid groups (broad SMARTS) is 1. The van der Waals surface area contributed by atoms with Crippen LogP contribution in [0.5, 0.6) is 0 Å². The van der Waals surface area contributed by atoms with Crippen molar-refractivity contribution >= 4 is 12.0 Å². The summed E-state index contributed by atoms with van der Waals surface area (Å²) in [4.78, 5) is 23.4. The van der Waals surface area contributed by atoms with Crippen molar-refractivity contribution in [2.75, 3.05) is 0 Å². The lowest BCUT2D eigenvalue weighted by atomic mass is 9.86. The SMILES string of the molecule is CC1CCCCC1NC(=O)NC(C(=O)O)c1ccccc1. The molecular weight excluding hydrogens is 268 g/mol. The lowest BCUT2D eigenvalue weighted by molar-refractivity contribution is -0.139. The monoisotopic (exact) mass is 290 g/mol. The molecule has 21 heavy (non-hydrogen) atoms. The topological polar surface area (TPSA) is 78.4 Å². The molecule has 5 nitrogen and oxygen atoms in total. The Morgan fingerprint density at radius 2 is 1.86 bits per heavy atom. The Hall–Kier alpha value is -2.04. The van der Waals surface area contributed by atoms with E-state index in [-0.39, 0.29) is 6.04 Å². The van der Waals surface area contributed by atoms with E-state index >= 15 is 0 Å². The molecular formula is C16H22N2O3. The van der Waals surface area contributed by atoms with Crippen LogP contribution in [0.25, 0.3) is 0 Å². The Morgan fingerprint density at radius 3 is 2.48 bits per heavy atom. The van der Waals surface area contributed by atoms with Gasteiger partial charge in [0, 0.05) is 6.04 Å². The lowest BCUT2D eigenvalue weighted by Gasteiger charge is -2.30. The standard InChI is InChI=1S/C16H22N2O3/c1-11-7-5-6-10-13(11)17-16(21)18-14(15(19)20)12-8-3-2-4-9-12/h2-4,8-9,11,13-14H,5-7,10H2,1H3,(H,19,20)(H2,17,18,21). The molecule has 1 aliphatic rings. The molecule has 3 atom stereocenters. The molecule has 0 bridgehead atoms. The quantitative estimate of drug-likeness (QED) is 0.797. The van der Waals surface area contributed by atoms with Crippen LogP contribution in [0.2, 0.25) is 0 Å². The molecule has 3 unspecified atom stereocenters. The fourth-order valence-corrected chi connectivity index (χ4v) is 2.80. The van der Waals surface area contributed by atoms with Crippen LogP contribution in [0.4, 0.5) is 4.79 Å². The summed E-state index contributed by atoms with van der Waals surface area (Å²) in [7, 11) is 0. The highest BCUT2D eigenvalue weighted by Gasteiger charge is 2.26. The van der Waals surface area contributed by atoms with Gasteiger partial charge in [-0.2, -0.15) is 0 Å². The third kappa shape index (κ3) is 4.21. The van der Waals surface area contributed by atoms with Gasteiger partial charge < -0.3 is 15.7 Å². The summed E-state index contributed by atoms with van der Waals surface area (Å²) in [6.07, 6.45) is 4.36. The maximum Gasteiger partial charge on any atom is 0.330 e. The Morgan fingerprint density at radius 1 is 1.19 bits per heavy atom. The maximum atomic E-state index is 12.1. The van der Waals surface area contributed by atoms with Crippen molar-refractivity contribution in [2.45, 2.75) is 44.7 Å². The molecule has 0 aromatic heterocycles. The average molecular weight is 290 g/mol. The molecule has 3 N–H and O–H groups in total. The Kier molecular flexibility index (Phi) is 5.20. The zero-order chi connectivity index (χ0) is 15.2. The van der Waals surface area contributed by atoms with E-state index < -0.39 is 18.0 Å². The van der Waals surface area contributed by atoms with Gasteiger partial charge >= 0.3 is 12.0 Å². The van der Waals surface area contributed by atoms with Crippen molar-refractivity contribution in [3.05, 3.63) is 35.9 Å². The summed E-state index contributed by atoms with van der Waals surface area (Å²) in [5.74, 6) is -0.627. The number of amides is 2. The Bertz CT molecular complexity index is 490. The molecule has 1 aromatic carbocycles. The summed E-state index contributed by atoms with van der Waals surface area (Å²) in [5.41, 5.74) is 0.567. The first-order valence-electron chi connectivity index (χ1n) is 7.42. The molecule has 1 aromatic rings. The van der Waals surface area contributed by atoms with Gasteiger partial charge in [-0.1, -0.05) is 50.1 Å².